The molecule has 1 N–H and O–H groups in total. The van der Waals surface area contributed by atoms with E-state index >= 15 is 0 Å². The van der Waals surface area contributed by atoms with Gasteiger partial charge in [-0.25, -0.2) is 4.98 Å². The molecule has 8 heteroatoms. The molecule has 0 atom stereocenters. The second-order valence-electron chi connectivity index (χ2n) is 9.39. The Morgan fingerprint density at radius 3 is 2.63 bits per heavy atom. The van der Waals surface area contributed by atoms with E-state index in [0.717, 1.165) is 53.7 Å². The maximum Gasteiger partial charge on any atom is 0.256 e. The van der Waals surface area contributed by atoms with E-state index in [1.54, 1.807) is 24.5 Å². The number of nitrogens with one attached hydrogen (secondary N) is 1. The molecule has 1 saturated heterocycles. The van der Waals surface area contributed by atoms with Crippen LogP contribution in [0, 0.1) is 0 Å². The van der Waals surface area contributed by atoms with Crippen LogP contribution in [0.3, 0.4) is 0 Å². The Kier molecular flexibility index (Phi) is 6.46. The Morgan fingerprint density at radius 2 is 1.86 bits per heavy atom. The summed E-state index contributed by atoms with van der Waals surface area (Å²) in [6.45, 7) is 6.22. The molecule has 1 aliphatic rings. The van der Waals surface area contributed by atoms with Gasteiger partial charge >= 0.3 is 0 Å². The molecule has 0 aliphatic carbocycles. The second-order valence-corrected chi connectivity index (χ2v) is 9.39. The molecular weight excluding hydrogens is 440 g/mol. The maximum absolute atomic E-state index is 13.0. The molecule has 4 heterocycles. The van der Waals surface area contributed by atoms with Gasteiger partial charge in [0.05, 0.1) is 11.9 Å². The number of anilines is 1. The molecule has 0 saturated carbocycles. The number of benzene rings is 1. The van der Waals surface area contributed by atoms with Gasteiger partial charge in [0.1, 0.15) is 17.7 Å². The first kappa shape index (κ1) is 23.0. The van der Waals surface area contributed by atoms with Crippen molar-refractivity contribution in [3.63, 3.8) is 0 Å². The fraction of sp³-hybridized carbons (Fsp3) is 0.333. The molecular formula is C27H30N6O2. The second kappa shape index (κ2) is 9.84. The molecule has 1 amide bonds. The fourth-order valence-electron chi connectivity index (χ4n) is 4.21. The Bertz CT molecular complexity index is 1340. The quantitative estimate of drug-likeness (QED) is 0.436. The third-order valence-corrected chi connectivity index (χ3v) is 6.34. The highest BCUT2D eigenvalue weighted by Crippen LogP contribution is 2.25. The Labute approximate surface area is 205 Å². The minimum absolute atomic E-state index is 0.183. The minimum Gasteiger partial charge on any atom is -0.490 e. The largest absolute Gasteiger partial charge is 0.490 e. The number of carbonyl (C=O) groups excluding carboxylic acids is 1. The van der Waals surface area contributed by atoms with Gasteiger partial charge < -0.3 is 15.0 Å². The van der Waals surface area contributed by atoms with Gasteiger partial charge in [-0.2, -0.15) is 5.10 Å². The van der Waals surface area contributed by atoms with Gasteiger partial charge in [-0.05, 0) is 69.5 Å². The van der Waals surface area contributed by atoms with Crippen molar-refractivity contribution in [3.05, 3.63) is 66.7 Å². The molecule has 0 bridgehead atoms. The lowest BCUT2D eigenvalue weighted by atomic mass is 10.1. The van der Waals surface area contributed by atoms with Crippen molar-refractivity contribution in [2.24, 2.45) is 0 Å². The summed E-state index contributed by atoms with van der Waals surface area (Å²) in [6, 6.07) is 11.5. The van der Waals surface area contributed by atoms with Gasteiger partial charge in [0.15, 0.2) is 0 Å². The molecule has 8 nitrogen and oxygen atoms in total. The lowest BCUT2D eigenvalue weighted by molar-refractivity contribution is 0.102. The summed E-state index contributed by atoms with van der Waals surface area (Å²) < 4.78 is 8.04. The number of pyridine rings is 2. The number of carbonyl (C=O) groups is 1. The van der Waals surface area contributed by atoms with E-state index in [1.165, 1.54) is 0 Å². The Morgan fingerprint density at radius 1 is 1.06 bits per heavy atom. The average molecular weight is 471 g/mol. The summed E-state index contributed by atoms with van der Waals surface area (Å²) in [4.78, 5) is 24.2. The van der Waals surface area contributed by atoms with Crippen LogP contribution in [0.2, 0.25) is 0 Å². The summed E-state index contributed by atoms with van der Waals surface area (Å²) in [5.41, 5.74) is 2.31. The highest BCUT2D eigenvalue weighted by atomic mass is 16.5. The van der Waals surface area contributed by atoms with Crippen molar-refractivity contribution in [3.8, 4) is 17.0 Å². The summed E-state index contributed by atoms with van der Waals surface area (Å²) in [5, 5.41) is 9.16. The van der Waals surface area contributed by atoms with E-state index in [2.05, 4.69) is 46.2 Å². The van der Waals surface area contributed by atoms with Crippen LogP contribution in [0.5, 0.6) is 5.75 Å². The zero-order chi connectivity index (χ0) is 24.4. The molecule has 0 radical (unpaired) electrons. The highest BCUT2D eigenvalue weighted by molar-refractivity contribution is 6.04. The number of aromatic nitrogens is 4. The number of hydrogen-bond donors (Lipinski definition) is 1. The molecule has 3 aromatic heterocycles. The van der Waals surface area contributed by atoms with Gasteiger partial charge in [0.2, 0.25) is 0 Å². The third-order valence-electron chi connectivity index (χ3n) is 6.34. The summed E-state index contributed by atoms with van der Waals surface area (Å²) >= 11 is 0. The van der Waals surface area contributed by atoms with Gasteiger partial charge in [0.25, 0.3) is 5.91 Å². The molecule has 0 spiro atoms. The molecule has 5 rings (SSSR count). The minimum atomic E-state index is -0.224. The fourth-order valence-corrected chi connectivity index (χ4v) is 4.21. The molecule has 1 fully saturated rings. The highest BCUT2D eigenvalue weighted by Gasteiger charge is 2.18. The predicted octanol–water partition coefficient (Wildman–Crippen LogP) is 4.80. The van der Waals surface area contributed by atoms with Crippen molar-refractivity contribution in [2.45, 2.75) is 38.8 Å². The molecule has 1 aromatic carbocycles. The van der Waals surface area contributed by atoms with Crippen LogP contribution in [-0.2, 0) is 0 Å². The Hall–Kier alpha value is -3.78. The molecule has 180 valence electrons. The first-order valence-electron chi connectivity index (χ1n) is 12.0. The van der Waals surface area contributed by atoms with Crippen LogP contribution in [0.4, 0.5) is 5.82 Å². The Balaban J connectivity index is 1.31. The zero-order valence-electron chi connectivity index (χ0n) is 20.3. The zero-order valence-corrected chi connectivity index (χ0v) is 20.3. The lowest BCUT2D eigenvalue weighted by Gasteiger charge is -2.29. The maximum atomic E-state index is 13.0. The monoisotopic (exact) mass is 470 g/mol. The summed E-state index contributed by atoms with van der Waals surface area (Å²) in [5.74, 6) is 0.980. The number of likely N-dealkylation sites (tertiary alicyclic amines) is 1. The number of nitrogens with zero attached hydrogens (tertiary/aromatic N) is 5. The number of rotatable bonds is 6. The molecule has 35 heavy (non-hydrogen) atoms. The lowest BCUT2D eigenvalue weighted by Crippen LogP contribution is -2.35. The third kappa shape index (κ3) is 5.33. The van der Waals surface area contributed by atoms with Gasteiger partial charge in [-0.15, -0.1) is 0 Å². The van der Waals surface area contributed by atoms with E-state index in [9.17, 15) is 4.79 Å². The first-order chi connectivity index (χ1) is 16.9. The average Bonchev–Trinajstić information content (AvgIpc) is 3.36. The number of ether oxygens (including phenoxy) is 1. The standard InChI is InChI=1S/C27H30N6O2/c1-18(2)33-17-22(16-30-33)25-12-20-13-26(29-15-21(20)14-28-25)31-27(34)19-5-4-6-24(11-19)35-23-7-9-32(3)10-8-23/h4-6,11-18,23H,7-10H2,1-3H3,(H,29,31,34). The SMILES string of the molecule is CC(C)n1cc(-c2cc3cc(NC(=O)c4cccc(OC5CCN(C)CC5)c4)ncc3cn2)cn1. The van der Waals surface area contributed by atoms with Crippen molar-refractivity contribution in [2.75, 3.05) is 25.5 Å². The van der Waals surface area contributed by atoms with E-state index < -0.39 is 0 Å². The van der Waals surface area contributed by atoms with Crippen molar-refractivity contribution >= 4 is 22.5 Å². The van der Waals surface area contributed by atoms with Crippen LogP contribution in [0.1, 0.15) is 43.1 Å². The van der Waals surface area contributed by atoms with Crippen LogP contribution >= 0.6 is 0 Å². The molecule has 0 unspecified atom stereocenters. The van der Waals surface area contributed by atoms with Gasteiger partial charge in [0, 0.05) is 54.2 Å². The number of amides is 1. The van der Waals surface area contributed by atoms with Crippen LogP contribution in [0.25, 0.3) is 22.0 Å². The molecule has 4 aromatic rings. The van der Waals surface area contributed by atoms with E-state index in [1.807, 2.05) is 41.3 Å². The van der Waals surface area contributed by atoms with E-state index in [4.69, 9.17) is 4.74 Å². The summed E-state index contributed by atoms with van der Waals surface area (Å²) in [7, 11) is 2.12. The number of piperidine rings is 1. The van der Waals surface area contributed by atoms with Gasteiger partial charge in [-0.1, -0.05) is 6.07 Å². The smallest absolute Gasteiger partial charge is 0.256 e. The van der Waals surface area contributed by atoms with Crippen LogP contribution in [-0.4, -0.2) is 56.8 Å². The topological polar surface area (TPSA) is 85.2 Å². The summed E-state index contributed by atoms with van der Waals surface area (Å²) in [6.07, 6.45) is 9.48. The van der Waals surface area contributed by atoms with Crippen molar-refractivity contribution in [1.29, 1.82) is 0 Å². The van der Waals surface area contributed by atoms with Crippen molar-refractivity contribution < 1.29 is 9.53 Å². The predicted molar refractivity (Wildman–Crippen MR) is 137 cm³/mol. The number of hydrogen-bond acceptors (Lipinski definition) is 6. The van der Waals surface area contributed by atoms with E-state index in [-0.39, 0.29) is 18.1 Å². The normalized spacial score (nSPS) is 15.0. The van der Waals surface area contributed by atoms with E-state index in [0.29, 0.717) is 11.4 Å². The number of fused-ring (bicyclic) bond motifs is 1. The van der Waals surface area contributed by atoms with Gasteiger partial charge in [-0.3, -0.25) is 14.5 Å². The van der Waals surface area contributed by atoms with Crippen LogP contribution in [0.15, 0.2) is 61.2 Å². The molecule has 1 aliphatic heterocycles. The van der Waals surface area contributed by atoms with Crippen LogP contribution < -0.4 is 10.1 Å². The van der Waals surface area contributed by atoms with Crippen molar-refractivity contribution in [1.82, 2.24) is 24.6 Å². The first-order valence-corrected chi connectivity index (χ1v) is 12.0.